The summed E-state index contributed by atoms with van der Waals surface area (Å²) >= 11 is 0. The highest BCUT2D eigenvalue weighted by Crippen LogP contribution is 2.48. The van der Waals surface area contributed by atoms with Crippen molar-refractivity contribution in [3.05, 3.63) is 34.8 Å². The third-order valence-corrected chi connectivity index (χ3v) is 5.15. The second-order valence-electron chi connectivity index (χ2n) is 6.82. The zero-order valence-corrected chi connectivity index (χ0v) is 16.5. The van der Waals surface area contributed by atoms with Crippen molar-refractivity contribution in [3.63, 3.8) is 0 Å². The Morgan fingerprint density at radius 3 is 2.47 bits per heavy atom. The molecule has 8 nitrogen and oxygen atoms in total. The number of alkyl halides is 3. The lowest BCUT2D eigenvalue weighted by Gasteiger charge is -2.33. The Hall–Kier alpha value is -3.24. The predicted octanol–water partition coefficient (Wildman–Crippen LogP) is 3.34. The van der Waals surface area contributed by atoms with Gasteiger partial charge in [0.25, 0.3) is 5.82 Å². The first-order chi connectivity index (χ1) is 14.3. The van der Waals surface area contributed by atoms with Gasteiger partial charge in [-0.25, -0.2) is 4.68 Å². The number of halogens is 3. The van der Waals surface area contributed by atoms with Gasteiger partial charge in [-0.3, -0.25) is 4.79 Å². The number of carbonyl (C=O) groups is 1. The van der Waals surface area contributed by atoms with Gasteiger partial charge in [-0.05, 0) is 25.0 Å². The number of ketones is 1. The Kier molecular flexibility index (Phi) is 4.83. The van der Waals surface area contributed by atoms with Gasteiger partial charge in [-0.15, -0.1) is 5.10 Å². The minimum atomic E-state index is -4.73. The van der Waals surface area contributed by atoms with E-state index < -0.39 is 18.0 Å². The number of rotatable bonds is 4. The summed E-state index contributed by atoms with van der Waals surface area (Å²) in [5, 5.41) is 6.54. The van der Waals surface area contributed by atoms with Crippen LogP contribution >= 0.6 is 0 Å². The average molecular weight is 424 g/mol. The van der Waals surface area contributed by atoms with Gasteiger partial charge >= 0.3 is 6.18 Å². The van der Waals surface area contributed by atoms with Gasteiger partial charge in [-0.2, -0.15) is 18.2 Å². The van der Waals surface area contributed by atoms with E-state index in [-0.39, 0.29) is 23.2 Å². The van der Waals surface area contributed by atoms with Crippen LogP contribution in [-0.2, 0) is 11.0 Å². The van der Waals surface area contributed by atoms with Crippen molar-refractivity contribution in [1.29, 1.82) is 0 Å². The molecule has 1 aromatic heterocycles. The quantitative estimate of drug-likeness (QED) is 0.805. The van der Waals surface area contributed by atoms with Crippen molar-refractivity contribution < 1.29 is 32.2 Å². The number of ether oxygens (including phenoxy) is 3. The number of Topliss-reactive ketones (excluding diaryl/α,β-unsaturated/α-hetero) is 1. The highest BCUT2D eigenvalue weighted by atomic mass is 19.4. The number of allylic oxidation sites excluding steroid dienone is 2. The lowest BCUT2D eigenvalue weighted by molar-refractivity contribution is -0.145. The summed E-state index contributed by atoms with van der Waals surface area (Å²) < 4.78 is 57.2. The van der Waals surface area contributed by atoms with Crippen LogP contribution in [-0.4, -0.2) is 41.9 Å². The normalized spacial score (nSPS) is 18.5. The summed E-state index contributed by atoms with van der Waals surface area (Å²) in [7, 11) is 4.28. The van der Waals surface area contributed by atoms with Crippen LogP contribution in [0.2, 0.25) is 0 Å². The summed E-state index contributed by atoms with van der Waals surface area (Å²) in [6, 6.07) is 2.27. The molecule has 0 spiro atoms. The fraction of sp³-hybridized carbons (Fsp3) is 0.421. The molecular formula is C19H19F3N4O4. The van der Waals surface area contributed by atoms with Gasteiger partial charge in [-0.1, -0.05) is 0 Å². The van der Waals surface area contributed by atoms with Crippen LogP contribution in [0.5, 0.6) is 17.2 Å². The minimum Gasteiger partial charge on any atom is -0.493 e. The fourth-order valence-electron chi connectivity index (χ4n) is 3.90. The van der Waals surface area contributed by atoms with Gasteiger partial charge in [0.05, 0.1) is 21.3 Å². The maximum Gasteiger partial charge on any atom is 0.453 e. The van der Waals surface area contributed by atoms with Crippen molar-refractivity contribution in [2.75, 3.05) is 26.6 Å². The van der Waals surface area contributed by atoms with Crippen LogP contribution in [0.25, 0.3) is 0 Å². The van der Waals surface area contributed by atoms with E-state index in [0.717, 1.165) is 4.68 Å². The Labute approximate surface area is 169 Å². The van der Waals surface area contributed by atoms with E-state index in [4.69, 9.17) is 14.2 Å². The molecule has 4 rings (SSSR count). The van der Waals surface area contributed by atoms with Crippen LogP contribution < -0.4 is 19.5 Å². The molecule has 0 fully saturated rings. The van der Waals surface area contributed by atoms with E-state index in [0.29, 0.717) is 41.8 Å². The van der Waals surface area contributed by atoms with Crippen LogP contribution in [0.4, 0.5) is 19.1 Å². The van der Waals surface area contributed by atoms with Gasteiger partial charge in [0, 0.05) is 23.3 Å². The third kappa shape index (κ3) is 3.04. The van der Waals surface area contributed by atoms with Crippen molar-refractivity contribution >= 4 is 11.7 Å². The molecule has 2 aromatic rings. The van der Waals surface area contributed by atoms with E-state index in [1.807, 2.05) is 0 Å². The molecule has 2 heterocycles. The number of hydrogen-bond acceptors (Lipinski definition) is 7. The molecule has 160 valence electrons. The van der Waals surface area contributed by atoms with Gasteiger partial charge in [0.15, 0.2) is 17.3 Å². The Bertz CT molecular complexity index is 1050. The number of benzene rings is 1. The van der Waals surface area contributed by atoms with E-state index in [1.54, 1.807) is 12.1 Å². The zero-order valence-electron chi connectivity index (χ0n) is 16.5. The molecule has 1 aromatic carbocycles. The van der Waals surface area contributed by atoms with Crippen molar-refractivity contribution in [1.82, 2.24) is 14.8 Å². The smallest absolute Gasteiger partial charge is 0.453 e. The molecule has 0 saturated heterocycles. The van der Waals surface area contributed by atoms with Crippen molar-refractivity contribution in [2.45, 2.75) is 31.5 Å². The fourth-order valence-corrected chi connectivity index (χ4v) is 3.90. The van der Waals surface area contributed by atoms with Crippen molar-refractivity contribution in [3.8, 4) is 17.2 Å². The zero-order chi connectivity index (χ0) is 21.6. The largest absolute Gasteiger partial charge is 0.493 e. The summed E-state index contributed by atoms with van der Waals surface area (Å²) in [4.78, 5) is 16.4. The molecule has 0 unspecified atom stereocenters. The number of aromatic nitrogens is 3. The van der Waals surface area contributed by atoms with Gasteiger partial charge in [0.1, 0.15) is 6.04 Å². The number of fused-ring (bicyclic) bond motifs is 1. The number of nitrogens with one attached hydrogen (secondary N) is 1. The second-order valence-corrected chi connectivity index (χ2v) is 6.82. The minimum absolute atomic E-state index is 0.0855. The first-order valence-electron chi connectivity index (χ1n) is 9.16. The highest BCUT2D eigenvalue weighted by Gasteiger charge is 2.43. The van der Waals surface area contributed by atoms with Crippen LogP contribution in [0.15, 0.2) is 23.4 Å². The maximum atomic E-state index is 13.3. The van der Waals surface area contributed by atoms with Crippen LogP contribution in [0, 0.1) is 0 Å². The lowest BCUT2D eigenvalue weighted by Crippen LogP contribution is -2.32. The highest BCUT2D eigenvalue weighted by molar-refractivity contribution is 5.99. The summed E-state index contributed by atoms with van der Waals surface area (Å²) in [5.41, 5.74) is 1.30. The van der Waals surface area contributed by atoms with Crippen molar-refractivity contribution in [2.24, 2.45) is 0 Å². The molecule has 2 aliphatic rings. The van der Waals surface area contributed by atoms with E-state index >= 15 is 0 Å². The van der Waals surface area contributed by atoms with Crippen LogP contribution in [0.1, 0.15) is 36.7 Å². The SMILES string of the molecule is COc1ccc([C@H]2C3=C(CCCC3=O)Nc3nc(C(F)(F)F)nn32)c(OC)c1OC. The molecule has 0 bridgehead atoms. The number of carbonyl (C=O) groups excluding carboxylic acids is 1. The summed E-state index contributed by atoms with van der Waals surface area (Å²) in [5.74, 6) is -0.659. The molecule has 1 N–H and O–H groups in total. The van der Waals surface area contributed by atoms with E-state index in [1.165, 1.54) is 21.3 Å². The second kappa shape index (κ2) is 7.22. The first kappa shape index (κ1) is 20.0. The van der Waals surface area contributed by atoms with Crippen LogP contribution in [0.3, 0.4) is 0 Å². The van der Waals surface area contributed by atoms with E-state index in [2.05, 4.69) is 15.4 Å². The molecule has 1 aliphatic heterocycles. The molecule has 30 heavy (non-hydrogen) atoms. The molecule has 1 aliphatic carbocycles. The Morgan fingerprint density at radius 1 is 1.10 bits per heavy atom. The molecule has 0 saturated carbocycles. The number of anilines is 1. The molecule has 1 atom stereocenters. The lowest BCUT2D eigenvalue weighted by atomic mass is 9.85. The summed E-state index contributed by atoms with van der Waals surface area (Å²) in [6.45, 7) is 0. The summed E-state index contributed by atoms with van der Waals surface area (Å²) in [6.07, 6.45) is -3.33. The number of methoxy groups -OCH3 is 3. The Balaban J connectivity index is 1.98. The third-order valence-electron chi connectivity index (χ3n) is 5.15. The predicted molar refractivity (Wildman–Crippen MR) is 98.8 cm³/mol. The average Bonchev–Trinajstić information content (AvgIpc) is 3.15. The van der Waals surface area contributed by atoms with E-state index in [9.17, 15) is 18.0 Å². The topological polar surface area (TPSA) is 87.5 Å². The monoisotopic (exact) mass is 424 g/mol. The van der Waals surface area contributed by atoms with Gasteiger partial charge in [0.2, 0.25) is 11.7 Å². The first-order valence-corrected chi connectivity index (χ1v) is 9.16. The number of nitrogens with zero attached hydrogens (tertiary/aromatic N) is 3. The molecule has 0 radical (unpaired) electrons. The molecular weight excluding hydrogens is 405 g/mol. The standard InChI is InChI=1S/C19H19F3N4O4/c1-28-12-8-7-9(15(29-2)16(12)30-3)14-13-10(5-4-6-11(13)27)23-18-24-17(19(20,21)22)25-26(14)18/h7-8,14H,4-6H2,1-3H3,(H,23,24,25)/t14-/m0/s1. The van der Waals surface area contributed by atoms with Gasteiger partial charge < -0.3 is 19.5 Å². The molecule has 11 heteroatoms. The number of hydrogen-bond donors (Lipinski definition) is 1. The Morgan fingerprint density at radius 2 is 1.83 bits per heavy atom. The molecule has 0 amide bonds. The maximum absolute atomic E-state index is 13.3.